The van der Waals surface area contributed by atoms with Gasteiger partial charge in [0.25, 0.3) is 0 Å². The summed E-state index contributed by atoms with van der Waals surface area (Å²) in [7, 11) is 0. The minimum atomic E-state index is -0.0171. The van der Waals surface area contributed by atoms with E-state index in [0.717, 1.165) is 31.5 Å². The van der Waals surface area contributed by atoms with Crippen LogP contribution >= 0.6 is 0 Å². The Morgan fingerprint density at radius 2 is 2.26 bits per heavy atom. The van der Waals surface area contributed by atoms with Gasteiger partial charge in [0.15, 0.2) is 0 Å². The number of hydrogen-bond acceptors (Lipinski definition) is 3. The van der Waals surface area contributed by atoms with Crippen LogP contribution in [0.15, 0.2) is 24.3 Å². The number of nitrogens with one attached hydrogen (secondary N) is 1. The maximum atomic E-state index is 11.9. The molecule has 1 aromatic rings. The Morgan fingerprint density at radius 1 is 1.43 bits per heavy atom. The van der Waals surface area contributed by atoms with Crippen molar-refractivity contribution in [2.45, 2.75) is 58.0 Å². The number of amides is 1. The highest BCUT2D eigenvalue weighted by Gasteiger charge is 2.38. The molecule has 0 bridgehead atoms. The van der Waals surface area contributed by atoms with Crippen LogP contribution in [-0.4, -0.2) is 30.2 Å². The molecule has 3 rings (SSSR count). The summed E-state index contributed by atoms with van der Waals surface area (Å²) in [4.78, 5) is 13.8. The number of benzene rings is 1. The van der Waals surface area contributed by atoms with Crippen molar-refractivity contribution in [2.24, 2.45) is 5.41 Å². The van der Waals surface area contributed by atoms with Gasteiger partial charge in [0.2, 0.25) is 5.91 Å². The highest BCUT2D eigenvalue weighted by atomic mass is 16.3. The van der Waals surface area contributed by atoms with Gasteiger partial charge >= 0.3 is 0 Å². The second kappa shape index (κ2) is 6.62. The first-order valence-corrected chi connectivity index (χ1v) is 8.81. The first-order valence-electron chi connectivity index (χ1n) is 8.81. The van der Waals surface area contributed by atoms with E-state index in [2.05, 4.69) is 31.3 Å². The van der Waals surface area contributed by atoms with Crippen molar-refractivity contribution < 1.29 is 9.90 Å². The lowest BCUT2D eigenvalue weighted by Gasteiger charge is -2.33. The van der Waals surface area contributed by atoms with Gasteiger partial charge in [-0.05, 0) is 43.9 Å². The Hall–Kier alpha value is -1.39. The lowest BCUT2D eigenvalue weighted by Crippen LogP contribution is -2.42. The Bertz CT molecular complexity index is 574. The molecular weight excluding hydrogens is 288 g/mol. The van der Waals surface area contributed by atoms with Gasteiger partial charge in [0, 0.05) is 42.8 Å². The molecule has 2 N–H and O–H groups in total. The Morgan fingerprint density at radius 3 is 2.96 bits per heavy atom. The molecule has 0 spiro atoms. The van der Waals surface area contributed by atoms with E-state index in [-0.39, 0.29) is 24.0 Å². The molecule has 2 aliphatic rings. The highest BCUT2D eigenvalue weighted by Crippen LogP contribution is 2.38. The van der Waals surface area contributed by atoms with Gasteiger partial charge < -0.3 is 15.3 Å². The lowest BCUT2D eigenvalue weighted by atomic mass is 9.85. The van der Waals surface area contributed by atoms with Gasteiger partial charge in [-0.15, -0.1) is 0 Å². The quantitative estimate of drug-likeness (QED) is 0.878. The zero-order valence-electron chi connectivity index (χ0n) is 14.2. The lowest BCUT2D eigenvalue weighted by molar-refractivity contribution is -0.117. The van der Waals surface area contributed by atoms with Gasteiger partial charge in [-0.25, -0.2) is 0 Å². The Balaban J connectivity index is 1.72. The summed E-state index contributed by atoms with van der Waals surface area (Å²) in [5, 5.41) is 13.4. The van der Waals surface area contributed by atoms with Crippen molar-refractivity contribution in [3.8, 4) is 0 Å². The third-order valence-corrected chi connectivity index (χ3v) is 5.65. The van der Waals surface area contributed by atoms with E-state index in [1.165, 1.54) is 12.0 Å². The number of carbonyl (C=O) groups excluding carboxylic acids is 1. The average molecular weight is 316 g/mol. The normalized spacial score (nSPS) is 29.3. The molecule has 1 aromatic carbocycles. The minimum absolute atomic E-state index is 0.0171. The molecule has 1 heterocycles. The molecule has 3 atom stereocenters. The van der Waals surface area contributed by atoms with Gasteiger partial charge in [-0.3, -0.25) is 4.79 Å². The molecule has 0 aromatic heterocycles. The fraction of sp³-hybridized carbons (Fsp3) is 0.632. The van der Waals surface area contributed by atoms with E-state index in [4.69, 9.17) is 0 Å². The monoisotopic (exact) mass is 316 g/mol. The number of nitrogens with zero attached hydrogens (tertiary/aromatic N) is 1. The zero-order valence-corrected chi connectivity index (χ0v) is 14.2. The van der Waals surface area contributed by atoms with Crippen LogP contribution in [0.5, 0.6) is 0 Å². The number of rotatable bonds is 5. The summed E-state index contributed by atoms with van der Waals surface area (Å²) in [6.45, 7) is 5.40. The zero-order chi connectivity index (χ0) is 16.4. The maximum absolute atomic E-state index is 11.9. The molecule has 0 radical (unpaired) electrons. The van der Waals surface area contributed by atoms with E-state index in [1.54, 1.807) is 0 Å². The van der Waals surface area contributed by atoms with Gasteiger partial charge in [-0.1, -0.05) is 25.5 Å². The molecule has 1 aliphatic heterocycles. The third kappa shape index (κ3) is 3.29. The predicted molar refractivity (Wildman–Crippen MR) is 92.4 cm³/mol. The molecular formula is C19H28N2O2. The molecule has 1 saturated carbocycles. The summed E-state index contributed by atoms with van der Waals surface area (Å²) in [5.74, 6) is 0.228. The van der Waals surface area contributed by atoms with Crippen molar-refractivity contribution in [1.82, 2.24) is 5.32 Å². The third-order valence-electron chi connectivity index (χ3n) is 5.65. The number of hydrogen-bond donors (Lipinski definition) is 2. The van der Waals surface area contributed by atoms with Crippen molar-refractivity contribution in [2.75, 3.05) is 18.1 Å². The fourth-order valence-corrected chi connectivity index (χ4v) is 3.99. The fourth-order valence-electron chi connectivity index (χ4n) is 3.99. The van der Waals surface area contributed by atoms with E-state index < -0.39 is 0 Å². The van der Waals surface area contributed by atoms with Crippen LogP contribution in [0.4, 0.5) is 5.69 Å². The Labute approximate surface area is 138 Å². The molecule has 126 valence electrons. The largest absolute Gasteiger partial charge is 0.396 e. The number of anilines is 1. The van der Waals surface area contributed by atoms with Crippen molar-refractivity contribution in [3.63, 3.8) is 0 Å². The molecule has 1 amide bonds. The smallest absolute Gasteiger partial charge is 0.227 e. The van der Waals surface area contributed by atoms with Crippen LogP contribution in [0.3, 0.4) is 0 Å². The first-order chi connectivity index (χ1) is 11.0. The van der Waals surface area contributed by atoms with Crippen LogP contribution in [0, 0.1) is 5.41 Å². The van der Waals surface area contributed by atoms with Crippen LogP contribution in [0.25, 0.3) is 0 Å². The number of aliphatic hydroxyl groups excluding tert-OH is 1. The molecule has 1 saturated heterocycles. The number of aliphatic hydroxyl groups is 1. The minimum Gasteiger partial charge on any atom is -0.396 e. The van der Waals surface area contributed by atoms with Gasteiger partial charge in [-0.2, -0.15) is 0 Å². The average Bonchev–Trinajstić information content (AvgIpc) is 3.14. The van der Waals surface area contributed by atoms with E-state index in [9.17, 15) is 9.90 Å². The van der Waals surface area contributed by atoms with Crippen LogP contribution in [0.1, 0.15) is 57.6 Å². The van der Waals surface area contributed by atoms with Crippen LogP contribution in [0.2, 0.25) is 0 Å². The van der Waals surface area contributed by atoms with Crippen molar-refractivity contribution in [1.29, 1.82) is 0 Å². The summed E-state index contributed by atoms with van der Waals surface area (Å²) < 4.78 is 0. The molecule has 4 heteroatoms. The van der Waals surface area contributed by atoms with Crippen molar-refractivity contribution >= 4 is 11.6 Å². The molecule has 4 nitrogen and oxygen atoms in total. The van der Waals surface area contributed by atoms with E-state index in [1.807, 2.05) is 17.0 Å². The second-order valence-electron chi connectivity index (χ2n) is 7.39. The Kier molecular flexibility index (Phi) is 4.74. The van der Waals surface area contributed by atoms with Crippen molar-refractivity contribution in [3.05, 3.63) is 29.8 Å². The summed E-state index contributed by atoms with van der Waals surface area (Å²) in [6, 6.07) is 8.86. The van der Waals surface area contributed by atoms with Crippen LogP contribution in [-0.2, 0) is 4.79 Å². The molecule has 2 fully saturated rings. The van der Waals surface area contributed by atoms with E-state index in [0.29, 0.717) is 12.5 Å². The standard InChI is InChI=1S/C19H28N2O2/c1-14(20-17-8-4-10-19(17,2)13-22)15-6-3-7-16(12-15)21-11-5-9-18(21)23/h3,6-7,12,14,17,20,22H,4-5,8-11,13H2,1-2H3. The topological polar surface area (TPSA) is 52.6 Å². The maximum Gasteiger partial charge on any atom is 0.227 e. The second-order valence-corrected chi connectivity index (χ2v) is 7.39. The highest BCUT2D eigenvalue weighted by molar-refractivity contribution is 5.95. The summed E-state index contributed by atoms with van der Waals surface area (Å²) in [5.41, 5.74) is 2.20. The molecule has 1 aliphatic carbocycles. The van der Waals surface area contributed by atoms with Gasteiger partial charge in [0.05, 0.1) is 0 Å². The number of carbonyl (C=O) groups is 1. The first kappa shape index (κ1) is 16.5. The van der Waals surface area contributed by atoms with Crippen LogP contribution < -0.4 is 10.2 Å². The summed E-state index contributed by atoms with van der Waals surface area (Å²) >= 11 is 0. The summed E-state index contributed by atoms with van der Waals surface area (Å²) in [6.07, 6.45) is 4.98. The SMILES string of the molecule is CC(NC1CCCC1(C)CO)c1cccc(N2CCCC2=O)c1. The molecule has 23 heavy (non-hydrogen) atoms. The van der Waals surface area contributed by atoms with Gasteiger partial charge in [0.1, 0.15) is 0 Å². The molecule has 3 unspecified atom stereocenters. The van der Waals surface area contributed by atoms with E-state index >= 15 is 0 Å². The predicted octanol–water partition coefficient (Wildman–Crippen LogP) is 3.02.